The van der Waals surface area contributed by atoms with Gasteiger partial charge in [0.25, 0.3) is 0 Å². The zero-order valence-electron chi connectivity index (χ0n) is 25.0. The molecule has 0 aliphatic rings. The van der Waals surface area contributed by atoms with Crippen LogP contribution in [0.3, 0.4) is 0 Å². The summed E-state index contributed by atoms with van der Waals surface area (Å²) in [6, 6.07) is 16.6. The van der Waals surface area contributed by atoms with Crippen LogP contribution in [0.25, 0.3) is 22.0 Å². The molecular formula is C34H46IrNO2-. The Morgan fingerprint density at radius 1 is 1.03 bits per heavy atom. The fourth-order valence-electron chi connectivity index (χ4n) is 4.10. The standard InChI is InChI=1S/C21H22N.C13H24O2.Ir/c1-5-16(4)17-6-7-20-18(13-17)8-9-22-21(20)19-11-14(2)10-15(3)12-19;1-7-13(6,8-2)11(15)9-10(14)12(3,4)5;/h6-11,13,16H,5H2,1-4H3;9,15H,7-8H2,1-6H3;/q-1;;/b;11-9-;. The molecule has 0 saturated heterocycles. The number of carbonyl (C=O) groups excluding carboxylic acids is 1. The van der Waals surface area contributed by atoms with Crippen LogP contribution in [0, 0.1) is 30.7 Å². The smallest absolute Gasteiger partial charge is 0.164 e. The number of pyridine rings is 1. The number of benzene rings is 2. The Balaban J connectivity index is 0.000000401. The summed E-state index contributed by atoms with van der Waals surface area (Å²) in [5.74, 6) is 0.786. The molecular weight excluding hydrogens is 647 g/mol. The fraction of sp³-hybridized carbons (Fsp3) is 0.471. The third-order valence-electron chi connectivity index (χ3n) is 7.56. The Hall–Kier alpha value is -2.29. The number of rotatable bonds is 7. The number of aromatic nitrogens is 1. The summed E-state index contributed by atoms with van der Waals surface area (Å²) in [7, 11) is 0. The summed E-state index contributed by atoms with van der Waals surface area (Å²) < 4.78 is 0. The molecule has 0 fully saturated rings. The van der Waals surface area contributed by atoms with Crippen LogP contribution < -0.4 is 0 Å². The van der Waals surface area contributed by atoms with Gasteiger partial charge < -0.3 is 10.1 Å². The first-order chi connectivity index (χ1) is 17.2. The number of hydrogen-bond acceptors (Lipinski definition) is 3. The molecule has 1 aromatic heterocycles. The van der Waals surface area contributed by atoms with E-state index in [4.69, 9.17) is 0 Å². The number of aliphatic hydroxyl groups is 1. The first-order valence-electron chi connectivity index (χ1n) is 13.6. The molecule has 38 heavy (non-hydrogen) atoms. The maximum atomic E-state index is 11.7. The minimum Gasteiger partial charge on any atom is -0.512 e. The Morgan fingerprint density at radius 2 is 1.66 bits per heavy atom. The molecule has 1 radical (unpaired) electrons. The van der Waals surface area contributed by atoms with Crippen molar-refractivity contribution < 1.29 is 30.0 Å². The van der Waals surface area contributed by atoms with E-state index >= 15 is 0 Å². The molecule has 0 saturated carbocycles. The first kappa shape index (κ1) is 33.7. The van der Waals surface area contributed by atoms with Gasteiger partial charge in [-0.05, 0) is 53.3 Å². The molecule has 3 aromatic rings. The van der Waals surface area contributed by atoms with E-state index in [9.17, 15) is 9.90 Å². The van der Waals surface area contributed by atoms with Gasteiger partial charge in [-0.15, -0.1) is 34.9 Å². The van der Waals surface area contributed by atoms with Crippen molar-refractivity contribution in [1.29, 1.82) is 0 Å². The zero-order chi connectivity index (χ0) is 28.0. The van der Waals surface area contributed by atoms with Crippen molar-refractivity contribution in [2.75, 3.05) is 0 Å². The number of nitrogens with zero attached hydrogens (tertiary/aromatic N) is 1. The van der Waals surface area contributed by atoms with Crippen LogP contribution in [-0.4, -0.2) is 15.9 Å². The molecule has 3 nitrogen and oxygen atoms in total. The van der Waals surface area contributed by atoms with Crippen LogP contribution >= 0.6 is 0 Å². The topological polar surface area (TPSA) is 50.2 Å². The number of aliphatic hydroxyl groups excluding tert-OH is 1. The molecule has 0 aliphatic heterocycles. The monoisotopic (exact) mass is 693 g/mol. The predicted molar refractivity (Wildman–Crippen MR) is 158 cm³/mol. The summed E-state index contributed by atoms with van der Waals surface area (Å²) >= 11 is 0. The van der Waals surface area contributed by atoms with Crippen molar-refractivity contribution in [2.24, 2.45) is 10.8 Å². The summed E-state index contributed by atoms with van der Waals surface area (Å²) in [5, 5.41) is 12.4. The Kier molecular flexibility index (Phi) is 12.6. The van der Waals surface area contributed by atoms with Gasteiger partial charge in [-0.2, -0.15) is 0 Å². The molecule has 1 unspecified atom stereocenters. The van der Waals surface area contributed by atoms with E-state index in [1.807, 2.05) is 47.7 Å². The van der Waals surface area contributed by atoms with Crippen LogP contribution in [0.2, 0.25) is 0 Å². The second-order valence-corrected chi connectivity index (χ2v) is 11.6. The molecule has 2 aromatic carbocycles. The first-order valence-corrected chi connectivity index (χ1v) is 13.6. The van der Waals surface area contributed by atoms with Gasteiger partial charge in [0.2, 0.25) is 0 Å². The normalized spacial score (nSPS) is 12.8. The van der Waals surface area contributed by atoms with Gasteiger partial charge in [-0.25, -0.2) is 0 Å². The molecule has 1 atom stereocenters. The van der Waals surface area contributed by atoms with Crippen molar-refractivity contribution >= 4 is 16.6 Å². The molecule has 0 aliphatic carbocycles. The third-order valence-corrected chi connectivity index (χ3v) is 7.56. The Labute approximate surface area is 244 Å². The Morgan fingerprint density at radius 3 is 2.18 bits per heavy atom. The number of hydrogen-bond donors (Lipinski definition) is 1. The van der Waals surface area contributed by atoms with Gasteiger partial charge in [-0.1, -0.05) is 87.4 Å². The molecule has 0 amide bonds. The van der Waals surface area contributed by atoms with Crippen molar-refractivity contribution in [1.82, 2.24) is 4.98 Å². The minimum absolute atomic E-state index is 0. The van der Waals surface area contributed by atoms with Gasteiger partial charge in [0.1, 0.15) is 5.76 Å². The average molecular weight is 693 g/mol. The van der Waals surface area contributed by atoms with E-state index in [0.717, 1.165) is 36.1 Å². The summed E-state index contributed by atoms with van der Waals surface area (Å²) in [4.78, 5) is 16.3. The number of fused-ring (bicyclic) bond motifs is 1. The van der Waals surface area contributed by atoms with E-state index in [0.29, 0.717) is 5.92 Å². The van der Waals surface area contributed by atoms with Gasteiger partial charge in [0.05, 0.1) is 0 Å². The maximum Gasteiger partial charge on any atom is 0.164 e. The van der Waals surface area contributed by atoms with E-state index in [-0.39, 0.29) is 37.1 Å². The summed E-state index contributed by atoms with van der Waals surface area (Å²) in [6.45, 7) is 20.3. The van der Waals surface area contributed by atoms with E-state index < -0.39 is 5.41 Å². The SMILES string of the molecule is CCC(C)(CC)/C(O)=C/C(=O)C(C)(C)C.CCC(C)c1ccc2c(-c3[c-]c(C)cc(C)c3)nccc2c1.[Ir]. The molecule has 1 N–H and O–H groups in total. The van der Waals surface area contributed by atoms with Gasteiger partial charge in [0.15, 0.2) is 5.78 Å². The number of ketones is 1. The summed E-state index contributed by atoms with van der Waals surface area (Å²) in [6.07, 6.45) is 6.14. The average Bonchev–Trinajstić information content (AvgIpc) is 2.86. The molecule has 3 rings (SSSR count). The van der Waals surface area contributed by atoms with Crippen molar-refractivity contribution in [3.05, 3.63) is 77.2 Å². The largest absolute Gasteiger partial charge is 0.512 e. The maximum absolute atomic E-state index is 11.7. The van der Waals surface area contributed by atoms with Gasteiger partial charge >= 0.3 is 0 Å². The molecule has 0 bridgehead atoms. The van der Waals surface area contributed by atoms with E-state index in [1.165, 1.54) is 28.0 Å². The van der Waals surface area contributed by atoms with Crippen molar-refractivity contribution in [3.8, 4) is 11.3 Å². The zero-order valence-corrected chi connectivity index (χ0v) is 27.3. The quantitative estimate of drug-likeness (QED) is 0.152. The predicted octanol–water partition coefficient (Wildman–Crippen LogP) is 9.70. The Bertz CT molecular complexity index is 1230. The summed E-state index contributed by atoms with van der Waals surface area (Å²) in [5.41, 5.74) is 5.24. The van der Waals surface area contributed by atoms with Crippen LogP contribution in [0.5, 0.6) is 0 Å². The second-order valence-electron chi connectivity index (χ2n) is 11.6. The fourth-order valence-corrected chi connectivity index (χ4v) is 4.10. The number of aryl methyl sites for hydroxylation is 2. The molecule has 1 heterocycles. The molecule has 209 valence electrons. The van der Waals surface area contributed by atoms with Crippen molar-refractivity contribution in [2.45, 2.75) is 94.4 Å². The van der Waals surface area contributed by atoms with Crippen molar-refractivity contribution in [3.63, 3.8) is 0 Å². The number of carbonyl (C=O) groups is 1. The minimum atomic E-state index is -0.420. The number of allylic oxidation sites excluding steroid dienone is 2. The van der Waals surface area contributed by atoms with Crippen LogP contribution in [-0.2, 0) is 24.9 Å². The molecule has 4 heteroatoms. The van der Waals surface area contributed by atoms with Gasteiger partial charge in [-0.3, -0.25) is 4.79 Å². The molecule has 0 spiro atoms. The van der Waals surface area contributed by atoms with E-state index in [2.05, 4.69) is 75.1 Å². The van der Waals surface area contributed by atoms with Crippen LogP contribution in [0.15, 0.2) is 54.4 Å². The van der Waals surface area contributed by atoms with Gasteiger partial charge in [0, 0.05) is 43.2 Å². The second kappa shape index (κ2) is 14.2. The third kappa shape index (κ3) is 8.61. The van der Waals surface area contributed by atoms with Crippen LogP contribution in [0.1, 0.15) is 97.3 Å². The van der Waals surface area contributed by atoms with Crippen LogP contribution in [0.4, 0.5) is 0 Å². The van der Waals surface area contributed by atoms with E-state index in [1.54, 1.807) is 0 Å².